The van der Waals surface area contributed by atoms with E-state index in [1.54, 1.807) is 0 Å². The zero-order valence-electron chi connectivity index (χ0n) is 8.60. The van der Waals surface area contributed by atoms with Crippen molar-refractivity contribution in [2.75, 3.05) is 0 Å². The van der Waals surface area contributed by atoms with Crippen LogP contribution in [0, 0.1) is 6.92 Å². The molecular formula is C13H9BrCl2. The van der Waals surface area contributed by atoms with Crippen LogP contribution in [0.3, 0.4) is 0 Å². The molecule has 0 heterocycles. The first kappa shape index (κ1) is 12.0. The summed E-state index contributed by atoms with van der Waals surface area (Å²) in [5, 5.41) is 1.14. The summed E-state index contributed by atoms with van der Waals surface area (Å²) in [7, 11) is 0. The van der Waals surface area contributed by atoms with Crippen molar-refractivity contribution in [3.05, 3.63) is 56.5 Å². The zero-order valence-corrected chi connectivity index (χ0v) is 11.7. The lowest BCUT2D eigenvalue weighted by Gasteiger charge is -2.07. The van der Waals surface area contributed by atoms with Crippen LogP contribution in [0.25, 0.3) is 11.1 Å². The summed E-state index contributed by atoms with van der Waals surface area (Å²) in [6.45, 7) is 2.06. The lowest BCUT2D eigenvalue weighted by Crippen LogP contribution is -1.82. The van der Waals surface area contributed by atoms with Crippen LogP contribution < -0.4 is 0 Å². The maximum Gasteiger partial charge on any atom is 0.0740 e. The van der Waals surface area contributed by atoms with Gasteiger partial charge in [-0.3, -0.25) is 0 Å². The van der Waals surface area contributed by atoms with Gasteiger partial charge < -0.3 is 0 Å². The summed E-state index contributed by atoms with van der Waals surface area (Å²) < 4.78 is 0.815. The lowest BCUT2D eigenvalue weighted by atomic mass is 10.0. The number of rotatable bonds is 1. The van der Waals surface area contributed by atoms with E-state index in [-0.39, 0.29) is 0 Å². The smallest absolute Gasteiger partial charge is 0.0740 e. The standard InChI is InChI=1S/C13H9BrCl2/c1-8-2-4-9(5-3-8)10-6-7-11(14)13(16)12(10)15/h2-7H,1H3. The lowest BCUT2D eigenvalue weighted by molar-refractivity contribution is 1.47. The molecule has 0 aliphatic rings. The van der Waals surface area contributed by atoms with Crippen LogP contribution in [0.2, 0.25) is 10.0 Å². The van der Waals surface area contributed by atoms with Gasteiger partial charge in [-0.25, -0.2) is 0 Å². The highest BCUT2D eigenvalue weighted by atomic mass is 79.9. The van der Waals surface area contributed by atoms with Crippen LogP contribution in [-0.4, -0.2) is 0 Å². The SMILES string of the molecule is Cc1ccc(-c2ccc(Br)c(Cl)c2Cl)cc1. The van der Waals surface area contributed by atoms with Gasteiger partial charge in [0.2, 0.25) is 0 Å². The molecule has 0 aliphatic carbocycles. The van der Waals surface area contributed by atoms with Gasteiger partial charge in [0, 0.05) is 10.0 Å². The van der Waals surface area contributed by atoms with E-state index in [4.69, 9.17) is 23.2 Å². The molecule has 0 atom stereocenters. The van der Waals surface area contributed by atoms with Gasteiger partial charge in [0.1, 0.15) is 0 Å². The zero-order chi connectivity index (χ0) is 11.7. The fourth-order valence-electron chi connectivity index (χ4n) is 1.48. The van der Waals surface area contributed by atoms with Gasteiger partial charge in [0.15, 0.2) is 0 Å². The van der Waals surface area contributed by atoms with E-state index in [1.165, 1.54) is 5.56 Å². The highest BCUT2D eigenvalue weighted by Crippen LogP contribution is 2.38. The minimum atomic E-state index is 0.555. The minimum Gasteiger partial charge on any atom is -0.0820 e. The topological polar surface area (TPSA) is 0 Å². The Hall–Kier alpha value is -0.500. The average molecular weight is 316 g/mol. The Kier molecular flexibility index (Phi) is 3.58. The monoisotopic (exact) mass is 314 g/mol. The molecule has 2 aromatic rings. The predicted octanol–water partition coefficient (Wildman–Crippen LogP) is 5.73. The van der Waals surface area contributed by atoms with E-state index in [2.05, 4.69) is 35.0 Å². The molecular weight excluding hydrogens is 307 g/mol. The molecule has 0 amide bonds. The Balaban J connectivity index is 2.57. The van der Waals surface area contributed by atoms with Crippen LogP contribution in [0.15, 0.2) is 40.9 Å². The van der Waals surface area contributed by atoms with Gasteiger partial charge in [-0.1, -0.05) is 59.1 Å². The molecule has 0 N–H and O–H groups in total. The summed E-state index contributed by atoms with van der Waals surface area (Å²) >= 11 is 15.6. The number of aryl methyl sites for hydroxylation is 1. The highest BCUT2D eigenvalue weighted by Gasteiger charge is 2.09. The predicted molar refractivity (Wildman–Crippen MR) is 74.3 cm³/mol. The molecule has 0 radical (unpaired) electrons. The highest BCUT2D eigenvalue weighted by molar-refractivity contribution is 9.10. The molecule has 0 fully saturated rings. The molecule has 16 heavy (non-hydrogen) atoms. The van der Waals surface area contributed by atoms with Crippen molar-refractivity contribution in [3.63, 3.8) is 0 Å². The summed E-state index contributed by atoms with van der Waals surface area (Å²) in [6, 6.07) is 12.1. The fourth-order valence-corrected chi connectivity index (χ4v) is 2.37. The first-order chi connectivity index (χ1) is 7.59. The molecule has 0 aromatic heterocycles. The van der Waals surface area contributed by atoms with Crippen molar-refractivity contribution >= 4 is 39.1 Å². The molecule has 0 saturated carbocycles. The van der Waals surface area contributed by atoms with Gasteiger partial charge in [-0.2, -0.15) is 0 Å². The Bertz CT molecular complexity index is 518. The Morgan fingerprint density at radius 1 is 0.875 bits per heavy atom. The van der Waals surface area contributed by atoms with Crippen LogP contribution in [0.4, 0.5) is 0 Å². The molecule has 0 aliphatic heterocycles. The van der Waals surface area contributed by atoms with Gasteiger partial charge in [-0.15, -0.1) is 0 Å². The summed E-state index contributed by atoms with van der Waals surface area (Å²) in [6.07, 6.45) is 0. The molecule has 0 spiro atoms. The largest absolute Gasteiger partial charge is 0.0820 e. The van der Waals surface area contributed by atoms with Crippen molar-refractivity contribution < 1.29 is 0 Å². The number of halogens is 3. The molecule has 0 saturated heterocycles. The molecule has 2 rings (SSSR count). The Morgan fingerprint density at radius 2 is 1.50 bits per heavy atom. The van der Waals surface area contributed by atoms with Gasteiger partial charge in [0.05, 0.1) is 10.0 Å². The normalized spacial score (nSPS) is 10.5. The third kappa shape index (κ3) is 2.27. The van der Waals surface area contributed by atoms with Crippen molar-refractivity contribution in [3.8, 4) is 11.1 Å². The minimum absolute atomic E-state index is 0.555. The van der Waals surface area contributed by atoms with Crippen LogP contribution in [0.1, 0.15) is 5.56 Å². The third-order valence-electron chi connectivity index (χ3n) is 2.40. The van der Waals surface area contributed by atoms with E-state index in [0.29, 0.717) is 10.0 Å². The van der Waals surface area contributed by atoms with Crippen LogP contribution >= 0.6 is 39.1 Å². The number of benzene rings is 2. The Labute approximate surface area is 113 Å². The fraction of sp³-hybridized carbons (Fsp3) is 0.0769. The second-order valence-corrected chi connectivity index (χ2v) is 5.20. The number of hydrogen-bond acceptors (Lipinski definition) is 0. The summed E-state index contributed by atoms with van der Waals surface area (Å²) in [5.74, 6) is 0. The van der Waals surface area contributed by atoms with E-state index >= 15 is 0 Å². The van der Waals surface area contributed by atoms with Crippen molar-refractivity contribution in [2.24, 2.45) is 0 Å². The van der Waals surface area contributed by atoms with E-state index < -0.39 is 0 Å². The maximum atomic E-state index is 6.21. The van der Waals surface area contributed by atoms with E-state index in [0.717, 1.165) is 15.6 Å². The summed E-state index contributed by atoms with van der Waals surface area (Å²) in [5.41, 5.74) is 3.25. The summed E-state index contributed by atoms with van der Waals surface area (Å²) in [4.78, 5) is 0. The van der Waals surface area contributed by atoms with Crippen molar-refractivity contribution in [2.45, 2.75) is 6.92 Å². The Morgan fingerprint density at radius 3 is 2.12 bits per heavy atom. The van der Waals surface area contributed by atoms with Crippen LogP contribution in [0.5, 0.6) is 0 Å². The molecule has 2 aromatic carbocycles. The average Bonchev–Trinajstić information content (AvgIpc) is 2.28. The number of hydrogen-bond donors (Lipinski definition) is 0. The van der Waals surface area contributed by atoms with E-state index in [1.807, 2.05) is 24.3 Å². The van der Waals surface area contributed by atoms with Crippen LogP contribution in [-0.2, 0) is 0 Å². The van der Waals surface area contributed by atoms with Crippen molar-refractivity contribution in [1.82, 2.24) is 0 Å². The maximum absolute atomic E-state index is 6.21. The molecule has 3 heteroatoms. The van der Waals surface area contributed by atoms with Gasteiger partial charge in [0.25, 0.3) is 0 Å². The van der Waals surface area contributed by atoms with Crippen molar-refractivity contribution in [1.29, 1.82) is 0 Å². The second-order valence-electron chi connectivity index (χ2n) is 3.59. The van der Waals surface area contributed by atoms with E-state index in [9.17, 15) is 0 Å². The molecule has 0 nitrogen and oxygen atoms in total. The third-order valence-corrected chi connectivity index (χ3v) is 4.17. The molecule has 0 unspecified atom stereocenters. The first-order valence-corrected chi connectivity index (χ1v) is 6.35. The first-order valence-electron chi connectivity index (χ1n) is 4.80. The second kappa shape index (κ2) is 4.79. The molecule has 82 valence electrons. The van der Waals surface area contributed by atoms with Gasteiger partial charge >= 0.3 is 0 Å². The van der Waals surface area contributed by atoms with Gasteiger partial charge in [-0.05, 0) is 34.5 Å². The molecule has 0 bridgehead atoms. The quantitative estimate of drug-likeness (QED) is 0.589.